The predicted octanol–water partition coefficient (Wildman–Crippen LogP) is 4.68. The van der Waals surface area contributed by atoms with Crippen LogP contribution in [0.5, 0.6) is 5.75 Å². The quantitative estimate of drug-likeness (QED) is 0.284. The molecule has 0 amide bonds. The summed E-state index contributed by atoms with van der Waals surface area (Å²) in [4.78, 5) is 38.4. The number of pyridine rings is 2. The van der Waals surface area contributed by atoms with Crippen LogP contribution < -0.4 is 20.9 Å². The first-order valence-electron chi connectivity index (χ1n) is 13.1. The van der Waals surface area contributed by atoms with E-state index in [-0.39, 0.29) is 34.1 Å². The van der Waals surface area contributed by atoms with E-state index in [0.29, 0.717) is 22.7 Å². The second-order valence-electron chi connectivity index (χ2n) is 8.72. The van der Waals surface area contributed by atoms with Crippen LogP contribution in [0.1, 0.15) is 27.7 Å². The smallest absolute Gasteiger partial charge is 0.274 e. The molecule has 12 heteroatoms. The third kappa shape index (κ3) is 6.47. The zero-order chi connectivity index (χ0) is 30.7. The molecule has 2 N–H and O–H groups in total. The van der Waals surface area contributed by atoms with Gasteiger partial charge in [-0.25, -0.2) is 14.2 Å². The molecule has 202 valence electrons. The van der Waals surface area contributed by atoms with E-state index >= 15 is 0 Å². The van der Waals surface area contributed by atoms with Gasteiger partial charge in [0, 0.05) is 63.8 Å². The Bertz CT molecular complexity index is 1810. The van der Waals surface area contributed by atoms with E-state index in [2.05, 4.69) is 29.9 Å². The fourth-order valence-corrected chi connectivity index (χ4v) is 4.25. The summed E-state index contributed by atoms with van der Waals surface area (Å²) in [5, 5.41) is 6.12. The first-order chi connectivity index (χ1) is 19.7. The minimum absolute atomic E-state index is 0.0404. The number of rotatable bonds is 9. The van der Waals surface area contributed by atoms with Crippen LogP contribution in [0.3, 0.4) is 0 Å². The largest absolute Gasteiger partial charge is 0.494 e. The number of methoxy groups -OCH3 is 1. The number of hydrogen-bond donors (Lipinski definition) is 2. The fourth-order valence-electron chi connectivity index (χ4n) is 3.71. The molecule has 0 unspecified atom stereocenters. The van der Waals surface area contributed by atoms with Gasteiger partial charge in [0.2, 0.25) is 0 Å². The van der Waals surface area contributed by atoms with Crippen molar-refractivity contribution in [3.8, 4) is 17.0 Å². The van der Waals surface area contributed by atoms with E-state index < -0.39 is 28.8 Å². The van der Waals surface area contributed by atoms with Gasteiger partial charge < -0.3 is 19.9 Å². The van der Waals surface area contributed by atoms with Crippen LogP contribution in [0, 0.1) is 0 Å². The highest BCUT2D eigenvalue weighted by molar-refractivity contribution is 7.92. The molecule has 3 aromatic heterocycles. The minimum Gasteiger partial charge on any atom is -0.494 e. The summed E-state index contributed by atoms with van der Waals surface area (Å²) >= 11 is 0. The minimum atomic E-state index is -2.49. The van der Waals surface area contributed by atoms with E-state index in [1.54, 1.807) is 43.6 Å². The average Bonchev–Trinajstić information content (AvgIpc) is 2.90. The van der Waals surface area contributed by atoms with E-state index in [0.717, 1.165) is 0 Å². The van der Waals surface area contributed by atoms with Gasteiger partial charge in [-0.3, -0.25) is 14.6 Å². The number of ether oxygens (including phenoxy) is 1. The molecule has 0 radical (unpaired) electrons. The lowest BCUT2D eigenvalue weighted by Gasteiger charge is -2.17. The Labute approximate surface area is 230 Å². The lowest BCUT2D eigenvalue weighted by Crippen LogP contribution is -2.19. The number of carbonyl (C=O) groups is 1. The van der Waals surface area contributed by atoms with Crippen LogP contribution in [0.15, 0.2) is 70.3 Å². The number of carbonyl (C=O) groups excluding carboxylic acids is 1. The summed E-state index contributed by atoms with van der Waals surface area (Å²) in [6, 6.07) is 10.0. The molecule has 0 aliphatic carbocycles. The lowest BCUT2D eigenvalue weighted by molar-refractivity contribution is 0.0988. The number of nitrogens with zero attached hydrogens (tertiary/aromatic N) is 5. The normalized spacial score (nSPS) is 12.6. The Morgan fingerprint density at radius 1 is 1.08 bits per heavy atom. The number of anilines is 4. The van der Waals surface area contributed by atoms with Gasteiger partial charge in [-0.15, -0.1) is 0 Å². The predicted molar refractivity (Wildman–Crippen MR) is 153 cm³/mol. The summed E-state index contributed by atoms with van der Waals surface area (Å²) in [5.74, 6) is 0.194. The number of hydrogen-bond acceptors (Lipinski definition) is 10. The van der Waals surface area contributed by atoms with Crippen molar-refractivity contribution in [3.63, 3.8) is 0 Å². The monoisotopic (exact) mass is 550 g/mol. The molecule has 0 bridgehead atoms. The van der Waals surface area contributed by atoms with Crippen LogP contribution in [-0.2, 0) is 16.8 Å². The number of aromatic nitrogens is 4. The third-order valence-corrected chi connectivity index (χ3v) is 6.09. The average molecular weight is 551 g/mol. The Morgan fingerprint density at radius 3 is 2.56 bits per heavy atom. The van der Waals surface area contributed by atoms with Gasteiger partial charge in [0.1, 0.15) is 11.5 Å². The molecule has 3 heterocycles. The maximum Gasteiger partial charge on any atom is 0.274 e. The molecular formula is C27H29N7O4S. The zero-order valence-corrected chi connectivity index (χ0v) is 22.6. The second kappa shape index (κ2) is 11.4. The number of benzene rings is 1. The number of para-hydroxylation sites is 1. The van der Waals surface area contributed by atoms with Gasteiger partial charge in [0.15, 0.2) is 17.4 Å². The highest BCUT2D eigenvalue weighted by Gasteiger charge is 2.17. The van der Waals surface area contributed by atoms with Crippen LogP contribution in [0.4, 0.5) is 28.7 Å². The summed E-state index contributed by atoms with van der Waals surface area (Å²) in [6.45, 7) is -2.49. The highest BCUT2D eigenvalue weighted by atomic mass is 32.2. The van der Waals surface area contributed by atoms with Crippen LogP contribution in [0.2, 0.25) is 0 Å². The maximum absolute atomic E-state index is 13.0. The first-order valence-corrected chi connectivity index (χ1v) is 14.0. The van der Waals surface area contributed by atoms with Crippen molar-refractivity contribution in [2.45, 2.75) is 13.3 Å². The summed E-state index contributed by atoms with van der Waals surface area (Å²) in [7, 11) is 0.668. The topological polar surface area (TPSA) is 140 Å². The Balaban J connectivity index is 1.76. The van der Waals surface area contributed by atoms with Gasteiger partial charge in [-0.1, -0.05) is 12.9 Å². The standard InChI is InChI=1S/C27H29N7O4S/c1-6-23(35)18-14-29-24(32-20-11-8-12-34(2)27(20)36)13-21(18)31-19-10-7-9-17(26(19)38-3)22-15-30-25(16-28-22)33-39(4,5)37/h7-16H,6H2,1-5H3,(H2,29,31,32)/i1D3. The summed E-state index contributed by atoms with van der Waals surface area (Å²) < 4.78 is 45.8. The van der Waals surface area contributed by atoms with E-state index in [1.165, 1.54) is 48.8 Å². The number of nitrogens with one attached hydrogen (secondary N) is 2. The van der Waals surface area contributed by atoms with E-state index in [4.69, 9.17) is 8.85 Å². The Kier molecular flexibility index (Phi) is 6.90. The van der Waals surface area contributed by atoms with Crippen molar-refractivity contribution in [3.05, 3.63) is 77.1 Å². The molecule has 0 atom stereocenters. The molecule has 1 aromatic carbocycles. The van der Waals surface area contributed by atoms with Crippen molar-refractivity contribution in [2.75, 3.05) is 30.3 Å². The molecule has 11 nitrogen and oxygen atoms in total. The van der Waals surface area contributed by atoms with Crippen LogP contribution in [-0.4, -0.2) is 49.1 Å². The SMILES string of the molecule is [2H]C([2H])([2H])CC(=O)c1cnc(Nc2cccn(C)c2=O)cc1Nc1cccc(-c2cnc(N=S(C)(C)=O)cn2)c1OC. The van der Waals surface area contributed by atoms with Gasteiger partial charge in [-0.05, 0) is 24.3 Å². The second-order valence-corrected chi connectivity index (χ2v) is 11.3. The van der Waals surface area contributed by atoms with Crippen molar-refractivity contribution in [1.29, 1.82) is 0 Å². The van der Waals surface area contributed by atoms with Crippen molar-refractivity contribution >= 4 is 44.2 Å². The Hall–Kier alpha value is -4.58. The van der Waals surface area contributed by atoms with Gasteiger partial charge in [0.05, 0.1) is 42.1 Å². The third-order valence-electron chi connectivity index (χ3n) is 5.47. The Morgan fingerprint density at radius 2 is 1.87 bits per heavy atom. The van der Waals surface area contributed by atoms with Gasteiger partial charge in [0.25, 0.3) is 5.56 Å². The molecule has 39 heavy (non-hydrogen) atoms. The first kappa shape index (κ1) is 23.5. The maximum atomic E-state index is 13.0. The molecule has 0 spiro atoms. The van der Waals surface area contributed by atoms with Crippen molar-refractivity contribution in [1.82, 2.24) is 19.5 Å². The molecule has 0 saturated carbocycles. The number of Topliss-reactive ketones (excluding diaryl/α,β-unsaturated/α-hetero) is 1. The fraction of sp³-hybridized carbons (Fsp3) is 0.222. The zero-order valence-electron chi connectivity index (χ0n) is 24.8. The van der Waals surface area contributed by atoms with Crippen LogP contribution in [0.25, 0.3) is 11.3 Å². The molecule has 0 fully saturated rings. The van der Waals surface area contributed by atoms with Crippen LogP contribution >= 0.6 is 0 Å². The van der Waals surface area contributed by atoms with E-state index in [1.807, 2.05) is 0 Å². The van der Waals surface area contributed by atoms with Crippen molar-refractivity contribution < 1.29 is 17.9 Å². The molecular weight excluding hydrogens is 518 g/mol. The highest BCUT2D eigenvalue weighted by Crippen LogP contribution is 2.38. The molecule has 0 saturated heterocycles. The van der Waals surface area contributed by atoms with E-state index in [9.17, 15) is 13.8 Å². The molecule has 4 aromatic rings. The summed E-state index contributed by atoms with van der Waals surface area (Å²) in [6.07, 6.45) is 8.06. The number of ketones is 1. The number of aryl methyl sites for hydroxylation is 1. The molecule has 4 rings (SSSR count). The lowest BCUT2D eigenvalue weighted by atomic mass is 10.1. The van der Waals surface area contributed by atoms with Gasteiger partial charge in [-0.2, -0.15) is 4.36 Å². The van der Waals surface area contributed by atoms with Crippen molar-refractivity contribution in [2.24, 2.45) is 11.4 Å². The molecule has 0 aliphatic rings. The van der Waals surface area contributed by atoms with Gasteiger partial charge >= 0.3 is 0 Å². The molecule has 0 aliphatic heterocycles. The summed E-state index contributed by atoms with van der Waals surface area (Å²) in [5.41, 5.74) is 1.70.